The summed E-state index contributed by atoms with van der Waals surface area (Å²) in [4.78, 5) is 3.54. The summed E-state index contributed by atoms with van der Waals surface area (Å²) < 4.78 is 39.2. The molecule has 0 amide bonds. The van der Waals surface area contributed by atoms with Gasteiger partial charge in [-0.3, -0.25) is 5.10 Å². The molecule has 2 aromatic rings. The number of hydrogen-bond donors (Lipinski definition) is 2. The average Bonchev–Trinajstić information content (AvgIpc) is 2.77. The number of nitrogen functional groups attached to an aromatic ring is 1. The number of hydrogen-bond acceptors (Lipinski definition) is 5. The Morgan fingerprint density at radius 3 is 2.75 bits per heavy atom. The number of nitrogens with zero attached hydrogens (tertiary/aromatic N) is 3. The second-order valence-electron chi connectivity index (χ2n) is 4.29. The summed E-state index contributed by atoms with van der Waals surface area (Å²) in [6.07, 6.45) is 0. The van der Waals surface area contributed by atoms with E-state index in [2.05, 4.69) is 15.2 Å². The maximum atomic E-state index is 13.7. The van der Waals surface area contributed by atoms with Crippen molar-refractivity contribution in [3.63, 3.8) is 0 Å². The Morgan fingerprint density at radius 2 is 2.15 bits per heavy atom. The molecule has 9 heteroatoms. The van der Waals surface area contributed by atoms with Gasteiger partial charge in [0.15, 0.2) is 5.82 Å². The molecule has 1 aromatic carbocycles. The van der Waals surface area contributed by atoms with Gasteiger partial charge >= 0.3 is 0 Å². The second kappa shape index (κ2) is 5.17. The van der Waals surface area contributed by atoms with Crippen molar-refractivity contribution in [2.45, 2.75) is 18.4 Å². The van der Waals surface area contributed by atoms with E-state index >= 15 is 0 Å². The number of rotatable bonds is 4. The van der Waals surface area contributed by atoms with Gasteiger partial charge < -0.3 is 5.73 Å². The first kappa shape index (κ1) is 14.4. The van der Waals surface area contributed by atoms with E-state index in [1.807, 2.05) is 0 Å². The van der Waals surface area contributed by atoms with Crippen molar-refractivity contribution in [1.29, 1.82) is 0 Å². The van der Waals surface area contributed by atoms with E-state index in [0.29, 0.717) is 11.6 Å². The van der Waals surface area contributed by atoms with Crippen LogP contribution in [0.1, 0.15) is 11.6 Å². The molecule has 0 aliphatic carbocycles. The van der Waals surface area contributed by atoms with Crippen LogP contribution in [0.15, 0.2) is 23.1 Å². The third-order valence-corrected chi connectivity index (χ3v) is 4.47. The molecular formula is C11H14FN5O2S. The van der Waals surface area contributed by atoms with Crippen LogP contribution in [0.2, 0.25) is 0 Å². The minimum atomic E-state index is -4.00. The van der Waals surface area contributed by atoms with Crippen LogP contribution < -0.4 is 5.73 Å². The second-order valence-corrected chi connectivity index (χ2v) is 6.30. The Hall–Kier alpha value is -2.00. The molecular weight excluding hydrogens is 285 g/mol. The van der Waals surface area contributed by atoms with E-state index in [-0.39, 0.29) is 12.2 Å². The number of aryl methyl sites for hydroxylation is 1. The number of nitrogens with two attached hydrogens (primary N) is 1. The van der Waals surface area contributed by atoms with Crippen LogP contribution in [0, 0.1) is 12.7 Å². The van der Waals surface area contributed by atoms with E-state index in [4.69, 9.17) is 5.73 Å². The normalized spacial score (nSPS) is 12.0. The van der Waals surface area contributed by atoms with Crippen LogP contribution in [-0.2, 0) is 16.6 Å². The number of halogens is 1. The third kappa shape index (κ3) is 2.78. The Morgan fingerprint density at radius 1 is 1.45 bits per heavy atom. The summed E-state index contributed by atoms with van der Waals surface area (Å²) in [7, 11) is -2.67. The minimum Gasteiger partial charge on any atom is -0.399 e. The summed E-state index contributed by atoms with van der Waals surface area (Å²) in [5.41, 5.74) is 5.67. The monoisotopic (exact) mass is 299 g/mol. The van der Waals surface area contributed by atoms with Crippen molar-refractivity contribution in [2.24, 2.45) is 0 Å². The third-order valence-electron chi connectivity index (χ3n) is 2.65. The molecule has 0 saturated heterocycles. The van der Waals surface area contributed by atoms with E-state index in [0.717, 1.165) is 16.4 Å². The molecule has 20 heavy (non-hydrogen) atoms. The van der Waals surface area contributed by atoms with E-state index in [9.17, 15) is 12.8 Å². The summed E-state index contributed by atoms with van der Waals surface area (Å²) in [5.74, 6) is 0.0241. The summed E-state index contributed by atoms with van der Waals surface area (Å²) in [6, 6.07) is 3.41. The molecule has 108 valence electrons. The van der Waals surface area contributed by atoms with Crippen LogP contribution in [0.5, 0.6) is 0 Å². The molecule has 0 unspecified atom stereocenters. The van der Waals surface area contributed by atoms with Crippen LogP contribution >= 0.6 is 0 Å². The Labute approximate surface area is 115 Å². The van der Waals surface area contributed by atoms with Crippen molar-refractivity contribution in [3.8, 4) is 0 Å². The van der Waals surface area contributed by atoms with Gasteiger partial charge in [0.25, 0.3) is 0 Å². The Balaban J connectivity index is 2.32. The molecule has 0 spiro atoms. The Kier molecular flexibility index (Phi) is 3.73. The standard InChI is InChI=1S/C11H14FN5O2S/c1-7-14-11(16-15-7)6-17(2)20(18,19)10-5-8(13)3-4-9(10)12/h3-5H,6,13H2,1-2H3,(H,14,15,16). The van der Waals surface area contributed by atoms with Crippen molar-refractivity contribution < 1.29 is 12.8 Å². The lowest BCUT2D eigenvalue weighted by Gasteiger charge is -2.16. The topological polar surface area (TPSA) is 105 Å². The summed E-state index contributed by atoms with van der Waals surface area (Å²) in [5, 5.41) is 6.45. The van der Waals surface area contributed by atoms with Crippen LogP contribution in [0.3, 0.4) is 0 Å². The van der Waals surface area contributed by atoms with Gasteiger partial charge in [-0.2, -0.15) is 9.40 Å². The summed E-state index contributed by atoms with van der Waals surface area (Å²) >= 11 is 0. The molecule has 0 saturated carbocycles. The number of nitrogens with one attached hydrogen (secondary N) is 1. The van der Waals surface area contributed by atoms with E-state index in [1.165, 1.54) is 13.1 Å². The molecule has 0 radical (unpaired) electrons. The van der Waals surface area contributed by atoms with Gasteiger partial charge in [-0.25, -0.2) is 17.8 Å². The van der Waals surface area contributed by atoms with E-state index < -0.39 is 20.7 Å². The van der Waals surface area contributed by atoms with Crippen LogP contribution in [-0.4, -0.2) is 35.0 Å². The first-order valence-electron chi connectivity index (χ1n) is 5.70. The van der Waals surface area contributed by atoms with Gasteiger partial charge in [0.2, 0.25) is 10.0 Å². The molecule has 0 atom stereocenters. The fourth-order valence-electron chi connectivity index (χ4n) is 1.63. The largest absolute Gasteiger partial charge is 0.399 e. The zero-order valence-electron chi connectivity index (χ0n) is 11.0. The molecule has 0 aliphatic heterocycles. The van der Waals surface area contributed by atoms with Crippen LogP contribution in [0.25, 0.3) is 0 Å². The molecule has 7 nitrogen and oxygen atoms in total. The quantitative estimate of drug-likeness (QED) is 0.807. The Bertz CT molecular complexity index is 728. The first-order valence-corrected chi connectivity index (χ1v) is 7.14. The smallest absolute Gasteiger partial charge is 0.246 e. The molecule has 2 rings (SSSR count). The number of sulfonamides is 1. The molecule has 0 bridgehead atoms. The number of aromatic amines is 1. The molecule has 1 aromatic heterocycles. The van der Waals surface area contributed by atoms with Gasteiger partial charge in [-0.15, -0.1) is 0 Å². The van der Waals surface area contributed by atoms with Gasteiger partial charge in [0, 0.05) is 12.7 Å². The highest BCUT2D eigenvalue weighted by atomic mass is 32.2. The van der Waals surface area contributed by atoms with Crippen molar-refractivity contribution >= 4 is 15.7 Å². The minimum absolute atomic E-state index is 0.0685. The zero-order valence-corrected chi connectivity index (χ0v) is 11.8. The maximum Gasteiger partial charge on any atom is 0.246 e. The van der Waals surface area contributed by atoms with Crippen LogP contribution in [0.4, 0.5) is 10.1 Å². The van der Waals surface area contributed by atoms with Crippen molar-refractivity contribution in [2.75, 3.05) is 12.8 Å². The fraction of sp³-hybridized carbons (Fsp3) is 0.273. The first-order chi connectivity index (χ1) is 9.30. The SMILES string of the molecule is Cc1nc(CN(C)S(=O)(=O)c2cc(N)ccc2F)n[nH]1. The molecule has 1 heterocycles. The lowest BCUT2D eigenvalue weighted by atomic mass is 10.3. The van der Waals surface area contributed by atoms with Gasteiger partial charge in [-0.1, -0.05) is 0 Å². The lowest BCUT2D eigenvalue weighted by Crippen LogP contribution is -2.28. The van der Waals surface area contributed by atoms with Crippen molar-refractivity contribution in [3.05, 3.63) is 35.7 Å². The highest BCUT2D eigenvalue weighted by Crippen LogP contribution is 2.21. The molecule has 0 aliphatic rings. The van der Waals surface area contributed by atoms with E-state index in [1.54, 1.807) is 6.92 Å². The van der Waals surface area contributed by atoms with Gasteiger partial charge in [-0.05, 0) is 25.1 Å². The predicted octanol–water partition coefficient (Wildman–Crippen LogP) is 0.655. The number of anilines is 1. The number of aromatic nitrogens is 3. The van der Waals surface area contributed by atoms with Gasteiger partial charge in [0.1, 0.15) is 16.5 Å². The molecule has 3 N–H and O–H groups in total. The highest BCUT2D eigenvalue weighted by molar-refractivity contribution is 7.89. The van der Waals surface area contributed by atoms with Gasteiger partial charge in [0.05, 0.1) is 6.54 Å². The lowest BCUT2D eigenvalue weighted by molar-refractivity contribution is 0.451. The number of benzene rings is 1. The van der Waals surface area contributed by atoms with Crippen molar-refractivity contribution in [1.82, 2.24) is 19.5 Å². The maximum absolute atomic E-state index is 13.7. The zero-order chi connectivity index (χ0) is 14.9. The fourth-order valence-corrected chi connectivity index (χ4v) is 2.85. The molecule has 0 fully saturated rings. The number of H-pyrrole nitrogens is 1. The predicted molar refractivity (Wildman–Crippen MR) is 70.6 cm³/mol. The summed E-state index contributed by atoms with van der Waals surface area (Å²) in [6.45, 7) is 1.63. The average molecular weight is 299 g/mol. The highest BCUT2D eigenvalue weighted by Gasteiger charge is 2.25.